The minimum absolute atomic E-state index is 0.236. The summed E-state index contributed by atoms with van der Waals surface area (Å²) >= 11 is 1.73. The van der Waals surface area contributed by atoms with E-state index in [-0.39, 0.29) is 17.3 Å². The van der Waals surface area contributed by atoms with Crippen molar-refractivity contribution >= 4 is 33.4 Å². The third kappa shape index (κ3) is 4.69. The minimum atomic E-state index is -3.81. The van der Waals surface area contributed by atoms with Gasteiger partial charge in [-0.1, -0.05) is 59.7 Å². The number of rotatable bonds is 7. The molecule has 166 valence electrons. The van der Waals surface area contributed by atoms with Crippen LogP contribution in [0.15, 0.2) is 71.6 Å². The van der Waals surface area contributed by atoms with Gasteiger partial charge in [-0.2, -0.15) is 11.8 Å². The first kappa shape index (κ1) is 22.4. The number of sulfonamides is 1. The number of benzene rings is 3. The first-order chi connectivity index (χ1) is 15.4. The van der Waals surface area contributed by atoms with Gasteiger partial charge >= 0.3 is 0 Å². The van der Waals surface area contributed by atoms with Crippen LogP contribution in [0.2, 0.25) is 0 Å². The number of anilines is 1. The molecule has 1 amide bonds. The maximum Gasteiger partial charge on any atom is 0.265 e. The number of carbonyl (C=O) groups excluding carboxylic acids is 1. The number of nitrogens with one attached hydrogen (secondary N) is 1. The fourth-order valence-electron chi connectivity index (χ4n) is 3.74. The number of thioether (sulfide) groups is 1. The molecule has 0 saturated carbocycles. The maximum absolute atomic E-state index is 13.3. The summed E-state index contributed by atoms with van der Waals surface area (Å²) in [4.78, 5) is 12.9. The molecule has 0 radical (unpaired) electrons. The topological polar surface area (TPSA) is 66.5 Å². The fourth-order valence-corrected chi connectivity index (χ4v) is 6.21. The highest BCUT2D eigenvalue weighted by molar-refractivity contribution is 7.98. The van der Waals surface area contributed by atoms with Gasteiger partial charge in [0.25, 0.3) is 10.0 Å². The van der Waals surface area contributed by atoms with Gasteiger partial charge in [-0.3, -0.25) is 9.10 Å². The molecular formula is C25H26N2O3S2. The average molecular weight is 467 g/mol. The molecule has 0 aliphatic carbocycles. The first-order valence-corrected chi connectivity index (χ1v) is 13.1. The van der Waals surface area contributed by atoms with Gasteiger partial charge in [-0.15, -0.1) is 0 Å². The summed E-state index contributed by atoms with van der Waals surface area (Å²) in [5, 5.41) is 2.86. The van der Waals surface area contributed by atoms with Gasteiger partial charge in [-0.25, -0.2) is 8.42 Å². The van der Waals surface area contributed by atoms with Crippen LogP contribution >= 0.6 is 11.8 Å². The molecule has 0 bridgehead atoms. The molecular weight excluding hydrogens is 440 g/mol. The second-order valence-electron chi connectivity index (χ2n) is 7.92. The Morgan fingerprint density at radius 2 is 1.66 bits per heavy atom. The van der Waals surface area contributed by atoms with Crippen molar-refractivity contribution in [1.29, 1.82) is 0 Å². The van der Waals surface area contributed by atoms with Crippen LogP contribution in [-0.4, -0.2) is 33.2 Å². The monoisotopic (exact) mass is 466 g/mol. The lowest BCUT2D eigenvalue weighted by atomic mass is 10.0. The van der Waals surface area contributed by atoms with Crippen molar-refractivity contribution in [3.8, 4) is 11.1 Å². The SMILES string of the molecule is Cc1ccc(CSCCNC(=O)CN2c3ccc(C)cc3-c3ccccc3S2(=O)=O)cc1. The van der Waals surface area contributed by atoms with Crippen LogP contribution in [0, 0.1) is 13.8 Å². The van der Waals surface area contributed by atoms with Crippen molar-refractivity contribution in [2.75, 3.05) is 23.1 Å². The minimum Gasteiger partial charge on any atom is -0.354 e. The summed E-state index contributed by atoms with van der Waals surface area (Å²) < 4.78 is 27.8. The fraction of sp³-hybridized carbons (Fsp3) is 0.240. The standard InChI is InChI=1S/C25H26N2O3S2/c1-18-7-10-20(11-8-18)17-31-14-13-26-25(28)16-27-23-12-9-19(2)15-22(23)21-5-3-4-6-24(21)32(27,29)30/h3-12,15H,13-14,16-17H2,1-2H3,(H,26,28). The largest absolute Gasteiger partial charge is 0.354 e. The Bertz CT molecular complexity index is 1240. The molecule has 4 rings (SSSR count). The lowest BCUT2D eigenvalue weighted by molar-refractivity contribution is -0.119. The zero-order valence-electron chi connectivity index (χ0n) is 18.2. The number of carbonyl (C=O) groups is 1. The Morgan fingerprint density at radius 1 is 0.938 bits per heavy atom. The van der Waals surface area contributed by atoms with Crippen molar-refractivity contribution in [2.24, 2.45) is 0 Å². The van der Waals surface area contributed by atoms with Crippen LogP contribution in [-0.2, 0) is 20.6 Å². The molecule has 0 unspecified atom stereocenters. The van der Waals surface area contributed by atoms with Gasteiger partial charge in [0, 0.05) is 29.2 Å². The lowest BCUT2D eigenvalue weighted by Gasteiger charge is -2.31. The molecule has 3 aromatic carbocycles. The second-order valence-corrected chi connectivity index (χ2v) is 10.9. The number of nitrogens with zero attached hydrogens (tertiary/aromatic N) is 1. The van der Waals surface area contributed by atoms with Crippen molar-refractivity contribution in [3.05, 3.63) is 83.4 Å². The highest BCUT2D eigenvalue weighted by atomic mass is 32.2. The van der Waals surface area contributed by atoms with Gasteiger partial charge in [0.15, 0.2) is 0 Å². The Morgan fingerprint density at radius 3 is 2.44 bits per heavy atom. The third-order valence-corrected chi connectivity index (χ3v) is 8.26. The molecule has 3 aromatic rings. The smallest absolute Gasteiger partial charge is 0.265 e. The number of fused-ring (bicyclic) bond motifs is 3. The van der Waals surface area contributed by atoms with E-state index in [0.29, 0.717) is 17.8 Å². The van der Waals surface area contributed by atoms with Crippen LogP contribution in [0.5, 0.6) is 0 Å². The van der Waals surface area contributed by atoms with Crippen molar-refractivity contribution in [2.45, 2.75) is 24.5 Å². The third-order valence-electron chi connectivity index (χ3n) is 5.41. The summed E-state index contributed by atoms with van der Waals surface area (Å²) in [5.74, 6) is 1.32. The highest BCUT2D eigenvalue weighted by Gasteiger charge is 2.35. The Hall–Kier alpha value is -2.77. The molecule has 5 nitrogen and oxygen atoms in total. The lowest BCUT2D eigenvalue weighted by Crippen LogP contribution is -2.43. The second kappa shape index (κ2) is 9.38. The van der Waals surface area contributed by atoms with Crippen LogP contribution in [0.4, 0.5) is 5.69 Å². The molecule has 0 aromatic heterocycles. The van der Waals surface area contributed by atoms with E-state index >= 15 is 0 Å². The van der Waals surface area contributed by atoms with E-state index in [2.05, 4.69) is 36.5 Å². The molecule has 1 aliphatic heterocycles. The van der Waals surface area contributed by atoms with Crippen molar-refractivity contribution in [1.82, 2.24) is 5.32 Å². The maximum atomic E-state index is 13.3. The summed E-state index contributed by atoms with van der Waals surface area (Å²) in [6.07, 6.45) is 0. The number of amides is 1. The summed E-state index contributed by atoms with van der Waals surface area (Å²) in [6.45, 7) is 4.28. The zero-order chi connectivity index (χ0) is 22.7. The molecule has 7 heteroatoms. The predicted molar refractivity (Wildman–Crippen MR) is 131 cm³/mol. The molecule has 0 spiro atoms. The van der Waals surface area contributed by atoms with Crippen LogP contribution in [0.3, 0.4) is 0 Å². The quantitative estimate of drug-likeness (QED) is 0.520. The average Bonchev–Trinajstić information content (AvgIpc) is 2.78. The Labute approximate surface area is 193 Å². The van der Waals surface area contributed by atoms with Crippen molar-refractivity contribution in [3.63, 3.8) is 0 Å². The van der Waals surface area contributed by atoms with Gasteiger partial charge < -0.3 is 5.32 Å². The summed E-state index contributed by atoms with van der Waals surface area (Å²) in [7, 11) is -3.81. The van der Waals surface area contributed by atoms with E-state index in [1.54, 1.807) is 30.0 Å². The predicted octanol–water partition coefficient (Wildman–Crippen LogP) is 4.53. The normalized spacial score (nSPS) is 13.9. The summed E-state index contributed by atoms with van der Waals surface area (Å²) in [6, 6.07) is 21.0. The van der Waals surface area contributed by atoms with E-state index in [1.165, 1.54) is 15.4 Å². The molecule has 1 heterocycles. The highest BCUT2D eigenvalue weighted by Crippen LogP contribution is 2.43. The number of aryl methyl sites for hydroxylation is 2. The van der Waals surface area contributed by atoms with E-state index in [9.17, 15) is 13.2 Å². The Kier molecular flexibility index (Phi) is 6.58. The van der Waals surface area contributed by atoms with E-state index < -0.39 is 10.0 Å². The molecule has 1 aliphatic rings. The first-order valence-electron chi connectivity index (χ1n) is 10.5. The van der Waals surface area contributed by atoms with Gasteiger partial charge in [0.2, 0.25) is 5.91 Å². The van der Waals surface area contributed by atoms with Crippen LogP contribution < -0.4 is 9.62 Å². The molecule has 1 N–H and O–H groups in total. The van der Waals surface area contributed by atoms with Crippen LogP contribution in [0.25, 0.3) is 11.1 Å². The Balaban J connectivity index is 1.41. The van der Waals surface area contributed by atoms with Crippen molar-refractivity contribution < 1.29 is 13.2 Å². The molecule has 0 atom stereocenters. The van der Waals surface area contributed by atoms with Gasteiger partial charge in [0.05, 0.1) is 10.6 Å². The van der Waals surface area contributed by atoms with Gasteiger partial charge in [-0.05, 0) is 37.6 Å². The van der Waals surface area contributed by atoms with Crippen LogP contribution in [0.1, 0.15) is 16.7 Å². The molecule has 0 fully saturated rings. The summed E-state index contributed by atoms with van der Waals surface area (Å²) in [5.41, 5.74) is 5.56. The van der Waals surface area contributed by atoms with E-state index in [1.807, 2.05) is 31.2 Å². The number of hydrogen-bond acceptors (Lipinski definition) is 4. The number of hydrogen-bond donors (Lipinski definition) is 1. The van der Waals surface area contributed by atoms with Gasteiger partial charge in [0.1, 0.15) is 6.54 Å². The molecule has 32 heavy (non-hydrogen) atoms. The zero-order valence-corrected chi connectivity index (χ0v) is 19.8. The molecule has 0 saturated heterocycles. The van der Waals surface area contributed by atoms with E-state index in [4.69, 9.17) is 0 Å². The van der Waals surface area contributed by atoms with E-state index in [0.717, 1.165) is 22.6 Å².